The van der Waals surface area contributed by atoms with E-state index in [2.05, 4.69) is 36.6 Å². The summed E-state index contributed by atoms with van der Waals surface area (Å²) in [5.74, 6) is 0.494. The Morgan fingerprint density at radius 3 is 2.96 bits per heavy atom. The van der Waals surface area contributed by atoms with Crippen molar-refractivity contribution in [3.05, 3.63) is 49.2 Å². The summed E-state index contributed by atoms with van der Waals surface area (Å²) in [4.78, 5) is 8.40. The van der Waals surface area contributed by atoms with Crippen molar-refractivity contribution in [3.63, 3.8) is 0 Å². The van der Waals surface area contributed by atoms with Gasteiger partial charge in [0.1, 0.15) is 18.5 Å². The van der Waals surface area contributed by atoms with E-state index in [1.807, 2.05) is 28.9 Å². The Labute approximate surface area is 144 Å². The van der Waals surface area contributed by atoms with Crippen LogP contribution in [0.25, 0.3) is 22.2 Å². The standard InChI is InChI=1S/C17H18N8/c18-17-9-15(20-5-1-7-25-11-19-10-22-25)13-3-2-12(8-16(13)23-17)14-4-6-21-24-14/h2-4,6,8-11H,1,5,7H2,(H,21,24)(H3,18,20,23). The van der Waals surface area contributed by atoms with Crippen molar-refractivity contribution in [2.75, 3.05) is 17.6 Å². The molecular weight excluding hydrogens is 316 g/mol. The molecule has 3 heterocycles. The largest absolute Gasteiger partial charge is 0.384 e. The summed E-state index contributed by atoms with van der Waals surface area (Å²) in [5.41, 5.74) is 9.80. The first-order valence-electron chi connectivity index (χ1n) is 8.06. The second-order valence-corrected chi connectivity index (χ2v) is 5.74. The van der Waals surface area contributed by atoms with E-state index in [1.54, 1.807) is 18.9 Å². The van der Waals surface area contributed by atoms with E-state index < -0.39 is 0 Å². The van der Waals surface area contributed by atoms with Crippen molar-refractivity contribution in [2.45, 2.75) is 13.0 Å². The third kappa shape index (κ3) is 3.27. The first kappa shape index (κ1) is 15.1. The molecule has 0 aliphatic rings. The zero-order chi connectivity index (χ0) is 17.1. The number of aryl methyl sites for hydroxylation is 1. The number of aromatic amines is 1. The van der Waals surface area contributed by atoms with Crippen LogP contribution in [0.3, 0.4) is 0 Å². The molecule has 0 saturated carbocycles. The van der Waals surface area contributed by atoms with Crippen molar-refractivity contribution in [2.24, 2.45) is 0 Å². The highest BCUT2D eigenvalue weighted by Gasteiger charge is 2.07. The molecule has 0 atom stereocenters. The zero-order valence-corrected chi connectivity index (χ0v) is 13.6. The number of fused-ring (bicyclic) bond motifs is 1. The highest BCUT2D eigenvalue weighted by atomic mass is 15.3. The van der Waals surface area contributed by atoms with E-state index in [1.165, 1.54) is 0 Å². The van der Waals surface area contributed by atoms with Gasteiger partial charge in [-0.25, -0.2) is 9.97 Å². The summed E-state index contributed by atoms with van der Waals surface area (Å²) in [6.07, 6.45) is 5.92. The number of pyridine rings is 1. The van der Waals surface area contributed by atoms with E-state index in [-0.39, 0.29) is 0 Å². The van der Waals surface area contributed by atoms with Crippen LogP contribution in [0.2, 0.25) is 0 Å². The van der Waals surface area contributed by atoms with Gasteiger partial charge in [-0.3, -0.25) is 9.78 Å². The molecule has 0 fully saturated rings. The summed E-state index contributed by atoms with van der Waals surface area (Å²) >= 11 is 0. The predicted octanol–water partition coefficient (Wildman–Crippen LogP) is 2.30. The Bertz CT molecular complexity index is 960. The van der Waals surface area contributed by atoms with Crippen LogP contribution < -0.4 is 11.1 Å². The lowest BCUT2D eigenvalue weighted by Gasteiger charge is -2.11. The van der Waals surface area contributed by atoms with E-state index >= 15 is 0 Å². The molecule has 0 spiro atoms. The number of hydrogen-bond donors (Lipinski definition) is 3. The topological polar surface area (TPSA) is 110 Å². The minimum absolute atomic E-state index is 0.494. The van der Waals surface area contributed by atoms with Crippen LogP contribution in [0.4, 0.5) is 11.5 Å². The minimum atomic E-state index is 0.494. The molecule has 1 aromatic carbocycles. The van der Waals surface area contributed by atoms with E-state index in [0.717, 1.165) is 47.4 Å². The number of H-pyrrole nitrogens is 1. The van der Waals surface area contributed by atoms with Gasteiger partial charge in [0.2, 0.25) is 0 Å². The first-order valence-corrected chi connectivity index (χ1v) is 8.06. The average molecular weight is 334 g/mol. The molecule has 8 heteroatoms. The van der Waals surface area contributed by atoms with Crippen molar-refractivity contribution < 1.29 is 0 Å². The van der Waals surface area contributed by atoms with Crippen molar-refractivity contribution in [3.8, 4) is 11.3 Å². The molecule has 0 bridgehead atoms. The number of aromatic nitrogens is 6. The predicted molar refractivity (Wildman–Crippen MR) is 96.9 cm³/mol. The lowest BCUT2D eigenvalue weighted by atomic mass is 10.1. The number of nitrogens with zero attached hydrogens (tertiary/aromatic N) is 5. The molecule has 4 rings (SSSR count). The molecule has 126 valence electrons. The Morgan fingerprint density at radius 2 is 2.16 bits per heavy atom. The maximum atomic E-state index is 5.98. The lowest BCUT2D eigenvalue weighted by molar-refractivity contribution is 0.590. The zero-order valence-electron chi connectivity index (χ0n) is 13.6. The van der Waals surface area contributed by atoms with Gasteiger partial charge in [-0.2, -0.15) is 10.2 Å². The monoisotopic (exact) mass is 334 g/mol. The first-order chi connectivity index (χ1) is 12.3. The number of benzene rings is 1. The summed E-state index contributed by atoms with van der Waals surface area (Å²) in [5, 5.41) is 15.5. The number of nitrogen functional groups attached to an aromatic ring is 1. The van der Waals surface area contributed by atoms with Crippen molar-refractivity contribution in [1.82, 2.24) is 29.9 Å². The second-order valence-electron chi connectivity index (χ2n) is 5.74. The van der Waals surface area contributed by atoms with E-state index in [9.17, 15) is 0 Å². The molecule has 0 aliphatic heterocycles. The molecule has 0 unspecified atom stereocenters. The quantitative estimate of drug-likeness (QED) is 0.467. The number of rotatable bonds is 6. The smallest absolute Gasteiger partial charge is 0.137 e. The van der Waals surface area contributed by atoms with Crippen molar-refractivity contribution in [1.29, 1.82) is 0 Å². The number of nitrogens with two attached hydrogens (primary N) is 1. The van der Waals surface area contributed by atoms with Gasteiger partial charge in [0.15, 0.2) is 0 Å². The van der Waals surface area contributed by atoms with Gasteiger partial charge in [0.25, 0.3) is 0 Å². The summed E-state index contributed by atoms with van der Waals surface area (Å²) < 4.78 is 1.82. The fourth-order valence-electron chi connectivity index (χ4n) is 2.79. The molecular formula is C17H18N8. The molecule has 4 N–H and O–H groups in total. The third-order valence-corrected chi connectivity index (χ3v) is 3.99. The van der Waals surface area contributed by atoms with Gasteiger partial charge in [0, 0.05) is 42.0 Å². The molecule has 4 aromatic rings. The summed E-state index contributed by atoms with van der Waals surface area (Å²) in [6.45, 7) is 1.62. The highest BCUT2D eigenvalue weighted by molar-refractivity contribution is 5.95. The molecule has 0 amide bonds. The second kappa shape index (κ2) is 6.60. The van der Waals surface area contributed by atoms with Crippen LogP contribution in [-0.2, 0) is 6.54 Å². The molecule has 0 radical (unpaired) electrons. The van der Waals surface area contributed by atoms with Gasteiger partial charge >= 0.3 is 0 Å². The fourth-order valence-corrected chi connectivity index (χ4v) is 2.79. The normalized spacial score (nSPS) is 11.0. The SMILES string of the molecule is Nc1cc(NCCCn2cncn2)c2ccc(-c3ccn[nH]3)cc2n1. The molecule has 3 aromatic heterocycles. The highest BCUT2D eigenvalue weighted by Crippen LogP contribution is 2.28. The summed E-state index contributed by atoms with van der Waals surface area (Å²) in [7, 11) is 0. The number of hydrogen-bond acceptors (Lipinski definition) is 6. The average Bonchev–Trinajstić information content (AvgIpc) is 3.31. The van der Waals surface area contributed by atoms with Crippen LogP contribution in [0.1, 0.15) is 6.42 Å². The Balaban J connectivity index is 1.54. The Hall–Kier alpha value is -3.42. The van der Waals surface area contributed by atoms with Crippen LogP contribution in [0.15, 0.2) is 49.2 Å². The minimum Gasteiger partial charge on any atom is -0.384 e. The third-order valence-electron chi connectivity index (χ3n) is 3.99. The Kier molecular flexibility index (Phi) is 3.99. The maximum Gasteiger partial charge on any atom is 0.137 e. The Morgan fingerprint density at radius 1 is 1.20 bits per heavy atom. The van der Waals surface area contributed by atoms with Crippen LogP contribution >= 0.6 is 0 Å². The molecule has 8 nitrogen and oxygen atoms in total. The van der Waals surface area contributed by atoms with Gasteiger partial charge in [0.05, 0.1) is 11.2 Å². The molecule has 25 heavy (non-hydrogen) atoms. The molecule has 0 aliphatic carbocycles. The van der Waals surface area contributed by atoms with Gasteiger partial charge in [-0.1, -0.05) is 12.1 Å². The number of nitrogens with one attached hydrogen (secondary N) is 2. The van der Waals surface area contributed by atoms with Gasteiger partial charge in [-0.15, -0.1) is 0 Å². The van der Waals surface area contributed by atoms with E-state index in [4.69, 9.17) is 5.73 Å². The fraction of sp³-hybridized carbons (Fsp3) is 0.176. The lowest BCUT2D eigenvalue weighted by Crippen LogP contribution is -2.08. The summed E-state index contributed by atoms with van der Waals surface area (Å²) in [6, 6.07) is 9.91. The van der Waals surface area contributed by atoms with Crippen LogP contribution in [0, 0.1) is 0 Å². The van der Waals surface area contributed by atoms with Crippen LogP contribution in [0.5, 0.6) is 0 Å². The number of anilines is 2. The maximum absolute atomic E-state index is 5.98. The van der Waals surface area contributed by atoms with Crippen LogP contribution in [-0.4, -0.2) is 36.5 Å². The van der Waals surface area contributed by atoms with E-state index in [0.29, 0.717) is 5.82 Å². The van der Waals surface area contributed by atoms with Crippen molar-refractivity contribution >= 4 is 22.4 Å². The van der Waals surface area contributed by atoms with Gasteiger partial charge in [-0.05, 0) is 18.6 Å². The molecule has 0 saturated heterocycles. The van der Waals surface area contributed by atoms with Gasteiger partial charge < -0.3 is 11.1 Å².